The molecule has 0 aliphatic carbocycles. The van der Waals surface area contributed by atoms with Crippen LogP contribution in [0.3, 0.4) is 0 Å². The third-order valence-electron chi connectivity index (χ3n) is 3.15. The van der Waals surface area contributed by atoms with Gasteiger partial charge in [0.15, 0.2) is 0 Å². The second-order valence-electron chi connectivity index (χ2n) is 4.27. The van der Waals surface area contributed by atoms with Gasteiger partial charge in [-0.15, -0.1) is 0 Å². The van der Waals surface area contributed by atoms with E-state index in [0.29, 0.717) is 12.1 Å². The zero-order valence-corrected chi connectivity index (χ0v) is 10.6. The highest BCUT2D eigenvalue weighted by molar-refractivity contribution is 6.25. The van der Waals surface area contributed by atoms with E-state index in [2.05, 4.69) is 24.1 Å². The van der Waals surface area contributed by atoms with Crippen LogP contribution >= 0.6 is 11.6 Å². The van der Waals surface area contributed by atoms with E-state index in [1.165, 1.54) is 19.3 Å². The average molecular weight is 231 g/mol. The third-order valence-corrected chi connectivity index (χ3v) is 3.33. The maximum Gasteiger partial charge on any atom is 0.0222 e. The molecule has 1 saturated heterocycles. The lowest BCUT2D eigenvalue weighted by atomic mass is 10.0. The van der Waals surface area contributed by atoms with E-state index in [-0.39, 0.29) is 0 Å². The lowest BCUT2D eigenvalue weighted by molar-refractivity contribution is 0.137. The van der Waals surface area contributed by atoms with Crippen molar-refractivity contribution >= 4 is 11.6 Å². The summed E-state index contributed by atoms with van der Waals surface area (Å²) in [5, 5.41) is 3.63. The third kappa shape index (κ3) is 4.13. The molecule has 1 fully saturated rings. The summed E-state index contributed by atoms with van der Waals surface area (Å²) in [6.07, 6.45) is 5.78. The minimum atomic E-state index is 0.668. The van der Waals surface area contributed by atoms with Gasteiger partial charge >= 0.3 is 0 Å². The smallest absolute Gasteiger partial charge is 0.0222 e. The maximum absolute atomic E-state index is 5.59. The van der Waals surface area contributed by atoms with E-state index >= 15 is 0 Å². The molecular weight excluding hydrogens is 208 g/mol. The molecule has 0 bridgehead atoms. The first kappa shape index (κ1) is 13.0. The standard InChI is InChI=1S/C12H23ClN2/c1-3-6-11-10-15(8-5-7-13)12(4-2)9-14-11/h5,7,11-12,14H,3-4,6,8-10H2,1-2H3/b7-5+. The van der Waals surface area contributed by atoms with Gasteiger partial charge in [-0.1, -0.05) is 37.9 Å². The first-order valence-electron chi connectivity index (χ1n) is 6.04. The van der Waals surface area contributed by atoms with Crippen molar-refractivity contribution in [3.63, 3.8) is 0 Å². The SMILES string of the molecule is CCCC1CN(C/C=C/Cl)C(CC)CN1. The van der Waals surface area contributed by atoms with Crippen LogP contribution in [-0.4, -0.2) is 36.6 Å². The summed E-state index contributed by atoms with van der Waals surface area (Å²) in [6, 6.07) is 1.34. The maximum atomic E-state index is 5.59. The molecule has 0 radical (unpaired) electrons. The summed E-state index contributed by atoms with van der Waals surface area (Å²) in [6.45, 7) is 7.77. The van der Waals surface area contributed by atoms with Crippen molar-refractivity contribution in [1.29, 1.82) is 0 Å². The van der Waals surface area contributed by atoms with E-state index in [0.717, 1.165) is 19.6 Å². The van der Waals surface area contributed by atoms with Crippen LogP contribution in [0, 0.1) is 0 Å². The molecule has 0 aromatic heterocycles. The Kier molecular flexibility index (Phi) is 6.30. The van der Waals surface area contributed by atoms with Crippen LogP contribution in [0.1, 0.15) is 33.1 Å². The molecule has 88 valence electrons. The molecule has 2 nitrogen and oxygen atoms in total. The van der Waals surface area contributed by atoms with Gasteiger partial charge in [0.25, 0.3) is 0 Å². The van der Waals surface area contributed by atoms with E-state index in [4.69, 9.17) is 11.6 Å². The van der Waals surface area contributed by atoms with Gasteiger partial charge in [0.2, 0.25) is 0 Å². The van der Waals surface area contributed by atoms with Crippen LogP contribution in [0.15, 0.2) is 11.6 Å². The summed E-state index contributed by atoms with van der Waals surface area (Å²) < 4.78 is 0. The van der Waals surface area contributed by atoms with E-state index in [1.807, 2.05) is 6.08 Å². The highest BCUT2D eigenvalue weighted by Crippen LogP contribution is 2.12. The highest BCUT2D eigenvalue weighted by atomic mass is 35.5. The number of hydrogen-bond donors (Lipinski definition) is 1. The van der Waals surface area contributed by atoms with Gasteiger partial charge in [0, 0.05) is 37.3 Å². The molecule has 15 heavy (non-hydrogen) atoms. The number of nitrogens with zero attached hydrogens (tertiary/aromatic N) is 1. The molecule has 1 aliphatic rings. The molecule has 1 rings (SSSR count). The van der Waals surface area contributed by atoms with Crippen molar-refractivity contribution in [2.24, 2.45) is 0 Å². The first-order valence-corrected chi connectivity index (χ1v) is 6.48. The highest BCUT2D eigenvalue weighted by Gasteiger charge is 2.24. The van der Waals surface area contributed by atoms with Gasteiger partial charge < -0.3 is 5.32 Å². The van der Waals surface area contributed by atoms with Crippen LogP contribution in [-0.2, 0) is 0 Å². The lowest BCUT2D eigenvalue weighted by Gasteiger charge is -2.39. The van der Waals surface area contributed by atoms with Crippen molar-refractivity contribution < 1.29 is 0 Å². The molecule has 0 aromatic rings. The zero-order chi connectivity index (χ0) is 11.1. The minimum absolute atomic E-state index is 0.668. The summed E-state index contributed by atoms with van der Waals surface area (Å²) in [5.74, 6) is 0. The fourth-order valence-electron chi connectivity index (χ4n) is 2.27. The summed E-state index contributed by atoms with van der Waals surface area (Å²) in [5.41, 5.74) is 1.63. The molecule has 3 heteroatoms. The van der Waals surface area contributed by atoms with Gasteiger partial charge in [0.1, 0.15) is 0 Å². The Morgan fingerprint density at radius 1 is 1.47 bits per heavy atom. The average Bonchev–Trinajstić information content (AvgIpc) is 2.27. The fraction of sp³-hybridized carbons (Fsp3) is 0.833. The quantitative estimate of drug-likeness (QED) is 0.781. The Labute approximate surface area is 98.7 Å². The Morgan fingerprint density at radius 3 is 2.87 bits per heavy atom. The largest absolute Gasteiger partial charge is 0.311 e. The topological polar surface area (TPSA) is 15.3 Å². The number of halogens is 1. The number of hydrogen-bond acceptors (Lipinski definition) is 2. The Morgan fingerprint density at radius 2 is 2.27 bits per heavy atom. The molecule has 0 spiro atoms. The van der Waals surface area contributed by atoms with Crippen LogP contribution in [0.2, 0.25) is 0 Å². The predicted octanol–water partition coefficient (Wildman–Crippen LogP) is 2.59. The Hall–Kier alpha value is -0.0500. The number of rotatable bonds is 5. The zero-order valence-electron chi connectivity index (χ0n) is 9.88. The van der Waals surface area contributed by atoms with Crippen LogP contribution in [0.5, 0.6) is 0 Å². The van der Waals surface area contributed by atoms with Crippen molar-refractivity contribution in [2.45, 2.75) is 45.2 Å². The molecule has 0 saturated carbocycles. The summed E-state index contributed by atoms with van der Waals surface area (Å²) >= 11 is 5.59. The monoisotopic (exact) mass is 230 g/mol. The van der Waals surface area contributed by atoms with Crippen LogP contribution in [0.25, 0.3) is 0 Å². The molecule has 0 aromatic carbocycles. The van der Waals surface area contributed by atoms with Crippen molar-refractivity contribution in [2.75, 3.05) is 19.6 Å². The molecule has 1 heterocycles. The molecular formula is C12H23ClN2. The van der Waals surface area contributed by atoms with Crippen molar-refractivity contribution in [3.05, 3.63) is 11.6 Å². The molecule has 2 atom stereocenters. The molecule has 0 amide bonds. The van der Waals surface area contributed by atoms with Gasteiger partial charge in [-0.05, 0) is 12.8 Å². The molecule has 1 aliphatic heterocycles. The second-order valence-corrected chi connectivity index (χ2v) is 4.52. The second kappa shape index (κ2) is 7.26. The molecule has 2 unspecified atom stereocenters. The number of nitrogens with one attached hydrogen (secondary N) is 1. The fourth-order valence-corrected chi connectivity index (χ4v) is 2.35. The predicted molar refractivity (Wildman–Crippen MR) is 67.3 cm³/mol. The first-order chi connectivity index (χ1) is 7.31. The number of piperazine rings is 1. The van der Waals surface area contributed by atoms with Crippen molar-refractivity contribution in [1.82, 2.24) is 10.2 Å². The normalized spacial score (nSPS) is 28.7. The van der Waals surface area contributed by atoms with Gasteiger partial charge in [-0.2, -0.15) is 0 Å². The lowest BCUT2D eigenvalue weighted by Crippen LogP contribution is -2.56. The van der Waals surface area contributed by atoms with Crippen LogP contribution in [0.4, 0.5) is 0 Å². The minimum Gasteiger partial charge on any atom is -0.311 e. The Bertz CT molecular complexity index is 194. The van der Waals surface area contributed by atoms with Gasteiger partial charge in [-0.25, -0.2) is 0 Å². The van der Waals surface area contributed by atoms with E-state index < -0.39 is 0 Å². The Balaban J connectivity index is 2.45. The van der Waals surface area contributed by atoms with Crippen LogP contribution < -0.4 is 5.32 Å². The van der Waals surface area contributed by atoms with Gasteiger partial charge in [0.05, 0.1) is 0 Å². The molecule has 1 N–H and O–H groups in total. The van der Waals surface area contributed by atoms with E-state index in [9.17, 15) is 0 Å². The van der Waals surface area contributed by atoms with Gasteiger partial charge in [-0.3, -0.25) is 4.90 Å². The summed E-state index contributed by atoms with van der Waals surface area (Å²) in [7, 11) is 0. The summed E-state index contributed by atoms with van der Waals surface area (Å²) in [4.78, 5) is 2.54. The van der Waals surface area contributed by atoms with Crippen molar-refractivity contribution in [3.8, 4) is 0 Å². The van der Waals surface area contributed by atoms with E-state index in [1.54, 1.807) is 5.54 Å².